The first-order chi connectivity index (χ1) is 9.56. The van der Waals surface area contributed by atoms with Crippen molar-refractivity contribution in [3.05, 3.63) is 4.88 Å². The molecule has 0 bridgehead atoms. The molecular weight excluding hydrogens is 288 g/mol. The summed E-state index contributed by atoms with van der Waals surface area (Å²) in [5.74, 6) is 0.784. The molecule has 0 radical (unpaired) electrons. The van der Waals surface area contributed by atoms with Crippen molar-refractivity contribution in [2.24, 2.45) is 5.92 Å². The van der Waals surface area contributed by atoms with Crippen LogP contribution in [-0.2, 0) is 0 Å². The molecule has 1 aromatic rings. The number of nitriles is 1. The Morgan fingerprint density at radius 1 is 1.45 bits per heavy atom. The molecule has 2 rings (SSSR count). The van der Waals surface area contributed by atoms with E-state index in [1.165, 1.54) is 24.4 Å². The van der Waals surface area contributed by atoms with Gasteiger partial charge in [0.15, 0.2) is 0 Å². The first kappa shape index (κ1) is 15.5. The smallest absolute Gasteiger partial charge is 0.131 e. The zero-order chi connectivity index (χ0) is 14.7. The van der Waals surface area contributed by atoms with Gasteiger partial charge >= 0.3 is 0 Å². The van der Waals surface area contributed by atoms with Gasteiger partial charge in [0, 0.05) is 19.6 Å². The van der Waals surface area contributed by atoms with Crippen molar-refractivity contribution in [1.82, 2.24) is 4.90 Å². The minimum atomic E-state index is 0.653. The third-order valence-electron chi connectivity index (χ3n) is 3.71. The molecule has 1 aromatic heterocycles. The molecule has 4 nitrogen and oxygen atoms in total. The van der Waals surface area contributed by atoms with Crippen LogP contribution < -0.4 is 10.6 Å². The quantitative estimate of drug-likeness (QED) is 0.867. The third-order valence-corrected chi connectivity index (χ3v) is 5.83. The molecule has 1 aliphatic rings. The maximum atomic E-state index is 9.14. The molecule has 0 aromatic carbocycles. The number of thiophene rings is 1. The SMILES string of the molecule is CSc1c(N2CCC(CN(C)C)CC2)sc(C#N)c1N. The Balaban J connectivity index is 2.09. The molecule has 0 unspecified atom stereocenters. The second kappa shape index (κ2) is 6.70. The number of nitrogens with zero attached hydrogens (tertiary/aromatic N) is 3. The van der Waals surface area contributed by atoms with Crippen LogP contribution in [0.3, 0.4) is 0 Å². The number of rotatable bonds is 4. The average molecular weight is 310 g/mol. The summed E-state index contributed by atoms with van der Waals surface area (Å²) in [5, 5.41) is 10.3. The zero-order valence-electron chi connectivity index (χ0n) is 12.3. The number of anilines is 2. The Kier molecular flexibility index (Phi) is 5.19. The number of piperidine rings is 1. The van der Waals surface area contributed by atoms with E-state index in [2.05, 4.69) is 30.0 Å². The van der Waals surface area contributed by atoms with E-state index in [9.17, 15) is 0 Å². The minimum Gasteiger partial charge on any atom is -0.396 e. The van der Waals surface area contributed by atoms with E-state index in [1.807, 2.05) is 6.26 Å². The van der Waals surface area contributed by atoms with Crippen molar-refractivity contribution >= 4 is 33.8 Å². The topological polar surface area (TPSA) is 56.3 Å². The predicted molar refractivity (Wildman–Crippen MR) is 88.7 cm³/mol. The van der Waals surface area contributed by atoms with E-state index >= 15 is 0 Å². The molecule has 0 aliphatic carbocycles. The van der Waals surface area contributed by atoms with Crippen LogP contribution in [0.4, 0.5) is 10.7 Å². The maximum absolute atomic E-state index is 9.14. The molecule has 1 aliphatic heterocycles. The average Bonchev–Trinajstić information content (AvgIpc) is 2.75. The van der Waals surface area contributed by atoms with E-state index in [0.717, 1.165) is 23.9 Å². The summed E-state index contributed by atoms with van der Waals surface area (Å²) >= 11 is 3.19. The number of thioether (sulfide) groups is 1. The highest BCUT2D eigenvalue weighted by Crippen LogP contribution is 2.44. The van der Waals surface area contributed by atoms with Gasteiger partial charge in [-0.1, -0.05) is 0 Å². The van der Waals surface area contributed by atoms with Crippen molar-refractivity contribution < 1.29 is 0 Å². The predicted octanol–water partition coefficient (Wildman–Crippen LogP) is 2.70. The van der Waals surface area contributed by atoms with Crippen LogP contribution in [0.2, 0.25) is 0 Å². The van der Waals surface area contributed by atoms with Crippen LogP contribution in [0.25, 0.3) is 0 Å². The Morgan fingerprint density at radius 2 is 2.10 bits per heavy atom. The number of nitrogens with two attached hydrogens (primary N) is 1. The van der Waals surface area contributed by atoms with Gasteiger partial charge in [0.25, 0.3) is 0 Å². The summed E-state index contributed by atoms with van der Waals surface area (Å²) in [5.41, 5.74) is 6.72. The highest BCUT2D eigenvalue weighted by Gasteiger charge is 2.25. The highest BCUT2D eigenvalue weighted by atomic mass is 32.2. The van der Waals surface area contributed by atoms with Gasteiger partial charge in [-0.25, -0.2) is 0 Å². The number of nitrogen functional groups attached to an aromatic ring is 1. The van der Waals surface area contributed by atoms with Crippen LogP contribution >= 0.6 is 23.1 Å². The molecule has 110 valence electrons. The number of hydrogen-bond acceptors (Lipinski definition) is 6. The second-order valence-electron chi connectivity index (χ2n) is 5.49. The van der Waals surface area contributed by atoms with Crippen molar-refractivity contribution in [3.63, 3.8) is 0 Å². The second-order valence-corrected chi connectivity index (χ2v) is 7.30. The Labute approximate surface area is 129 Å². The molecule has 6 heteroatoms. The molecule has 0 atom stereocenters. The molecule has 2 N–H and O–H groups in total. The largest absolute Gasteiger partial charge is 0.396 e. The summed E-state index contributed by atoms with van der Waals surface area (Å²) < 4.78 is 0. The molecule has 1 fully saturated rings. The lowest BCUT2D eigenvalue weighted by molar-refractivity contribution is 0.285. The fourth-order valence-corrected chi connectivity index (χ4v) is 4.77. The van der Waals surface area contributed by atoms with E-state index in [1.54, 1.807) is 23.1 Å². The zero-order valence-corrected chi connectivity index (χ0v) is 14.0. The minimum absolute atomic E-state index is 0.653. The molecule has 2 heterocycles. The van der Waals surface area contributed by atoms with E-state index in [0.29, 0.717) is 10.6 Å². The molecular formula is C14H22N4S2. The van der Waals surface area contributed by atoms with Gasteiger partial charge in [0.2, 0.25) is 0 Å². The van der Waals surface area contributed by atoms with Crippen LogP contribution in [0.15, 0.2) is 4.90 Å². The van der Waals surface area contributed by atoms with Crippen LogP contribution in [0.5, 0.6) is 0 Å². The summed E-state index contributed by atoms with van der Waals surface area (Å²) in [6.45, 7) is 3.30. The monoisotopic (exact) mass is 310 g/mol. The standard InChI is InChI=1S/C14H22N4S2/c1-17(2)9-10-4-6-18(7-5-10)14-13(19-3)12(16)11(8-15)20-14/h10H,4-7,9,16H2,1-3H3. The molecule has 0 amide bonds. The van der Waals surface area contributed by atoms with Crippen LogP contribution in [-0.4, -0.2) is 44.9 Å². The highest BCUT2D eigenvalue weighted by molar-refractivity contribution is 7.99. The number of hydrogen-bond donors (Lipinski definition) is 1. The summed E-state index contributed by atoms with van der Waals surface area (Å²) in [4.78, 5) is 6.40. The van der Waals surface area contributed by atoms with Gasteiger partial charge in [-0.2, -0.15) is 5.26 Å². The summed E-state index contributed by atoms with van der Waals surface area (Å²) in [6, 6.07) is 2.21. The lowest BCUT2D eigenvalue weighted by Gasteiger charge is -2.34. The Bertz CT molecular complexity index is 496. The lowest BCUT2D eigenvalue weighted by atomic mass is 9.96. The van der Waals surface area contributed by atoms with Crippen LogP contribution in [0, 0.1) is 17.2 Å². The van der Waals surface area contributed by atoms with Crippen molar-refractivity contribution in [2.45, 2.75) is 17.7 Å². The first-order valence-corrected chi connectivity index (χ1v) is 8.87. The van der Waals surface area contributed by atoms with Crippen molar-refractivity contribution in [2.75, 3.05) is 50.6 Å². The van der Waals surface area contributed by atoms with Crippen LogP contribution in [0.1, 0.15) is 17.7 Å². The normalized spacial score (nSPS) is 16.6. The van der Waals surface area contributed by atoms with E-state index < -0.39 is 0 Å². The van der Waals surface area contributed by atoms with E-state index in [4.69, 9.17) is 11.0 Å². The molecule has 20 heavy (non-hydrogen) atoms. The lowest BCUT2D eigenvalue weighted by Crippen LogP contribution is -2.36. The first-order valence-electron chi connectivity index (χ1n) is 6.82. The third kappa shape index (κ3) is 3.22. The summed E-state index contributed by atoms with van der Waals surface area (Å²) in [6.07, 6.45) is 4.46. The molecule has 0 saturated carbocycles. The van der Waals surface area contributed by atoms with Gasteiger partial charge in [0.05, 0.1) is 10.6 Å². The van der Waals surface area contributed by atoms with Crippen molar-refractivity contribution in [3.8, 4) is 6.07 Å². The van der Waals surface area contributed by atoms with Gasteiger partial charge in [-0.3, -0.25) is 0 Å². The van der Waals surface area contributed by atoms with Gasteiger partial charge in [-0.15, -0.1) is 23.1 Å². The Morgan fingerprint density at radius 3 is 2.60 bits per heavy atom. The van der Waals surface area contributed by atoms with Crippen molar-refractivity contribution in [1.29, 1.82) is 5.26 Å². The Hall–Kier alpha value is -0.900. The molecule has 1 saturated heterocycles. The molecule has 0 spiro atoms. The summed E-state index contributed by atoms with van der Waals surface area (Å²) in [7, 11) is 4.27. The van der Waals surface area contributed by atoms with Gasteiger partial charge < -0.3 is 15.5 Å². The maximum Gasteiger partial charge on any atom is 0.131 e. The van der Waals surface area contributed by atoms with Gasteiger partial charge in [-0.05, 0) is 39.1 Å². The van der Waals surface area contributed by atoms with Gasteiger partial charge in [0.1, 0.15) is 15.9 Å². The fraction of sp³-hybridized carbons (Fsp3) is 0.643. The van der Waals surface area contributed by atoms with E-state index in [-0.39, 0.29) is 0 Å². The fourth-order valence-electron chi connectivity index (χ4n) is 2.74.